The molecule has 0 saturated carbocycles. The summed E-state index contributed by atoms with van der Waals surface area (Å²) in [7, 11) is 0. The molecular formula is C16H22F3NO. The van der Waals surface area contributed by atoms with E-state index in [0.717, 1.165) is 31.7 Å². The van der Waals surface area contributed by atoms with Gasteiger partial charge in [-0.15, -0.1) is 0 Å². The number of hydrogen-bond acceptors (Lipinski definition) is 1. The van der Waals surface area contributed by atoms with Crippen molar-refractivity contribution in [3.8, 4) is 0 Å². The van der Waals surface area contributed by atoms with Gasteiger partial charge in [-0.25, -0.2) is 0 Å². The highest BCUT2D eigenvalue weighted by molar-refractivity contribution is 5.95. The van der Waals surface area contributed by atoms with Crippen molar-refractivity contribution in [2.45, 2.75) is 45.7 Å². The Morgan fingerprint density at radius 2 is 1.57 bits per heavy atom. The molecule has 21 heavy (non-hydrogen) atoms. The fraction of sp³-hybridized carbons (Fsp3) is 0.562. The minimum atomic E-state index is -4.51. The van der Waals surface area contributed by atoms with Gasteiger partial charge in [0, 0.05) is 13.1 Å². The van der Waals surface area contributed by atoms with Gasteiger partial charge in [-0.05, 0) is 25.0 Å². The first-order chi connectivity index (χ1) is 9.91. The molecule has 0 fully saturated rings. The van der Waals surface area contributed by atoms with E-state index < -0.39 is 17.6 Å². The number of benzene rings is 1. The quantitative estimate of drug-likeness (QED) is 0.712. The topological polar surface area (TPSA) is 20.3 Å². The summed E-state index contributed by atoms with van der Waals surface area (Å²) in [6, 6.07) is 5.00. The zero-order chi connectivity index (χ0) is 15.9. The normalized spacial score (nSPS) is 11.5. The lowest BCUT2D eigenvalue weighted by Crippen LogP contribution is -2.34. The molecule has 118 valence electrons. The number of carbonyl (C=O) groups excluding carboxylic acids is 1. The average molecular weight is 301 g/mol. The van der Waals surface area contributed by atoms with Crippen LogP contribution in [-0.4, -0.2) is 23.9 Å². The van der Waals surface area contributed by atoms with Crippen LogP contribution in [0.25, 0.3) is 0 Å². The molecule has 0 radical (unpaired) electrons. The summed E-state index contributed by atoms with van der Waals surface area (Å²) >= 11 is 0. The van der Waals surface area contributed by atoms with Gasteiger partial charge < -0.3 is 4.90 Å². The number of unbranched alkanes of at least 4 members (excludes halogenated alkanes) is 2. The number of amides is 1. The highest BCUT2D eigenvalue weighted by Gasteiger charge is 2.35. The van der Waals surface area contributed by atoms with Crippen LogP contribution in [0.4, 0.5) is 13.2 Å². The number of nitrogens with zero attached hydrogens (tertiary/aromatic N) is 1. The molecule has 0 saturated heterocycles. The third-order valence-electron chi connectivity index (χ3n) is 3.31. The maximum absolute atomic E-state index is 13.0. The van der Waals surface area contributed by atoms with Gasteiger partial charge in [-0.1, -0.05) is 38.8 Å². The molecule has 0 aliphatic rings. The Morgan fingerprint density at radius 3 is 2.05 bits per heavy atom. The maximum atomic E-state index is 13.0. The second-order valence-corrected chi connectivity index (χ2v) is 5.04. The Morgan fingerprint density at radius 1 is 1.05 bits per heavy atom. The monoisotopic (exact) mass is 301 g/mol. The first kappa shape index (κ1) is 17.5. The highest BCUT2D eigenvalue weighted by Crippen LogP contribution is 2.32. The number of hydrogen-bond donors (Lipinski definition) is 0. The predicted octanol–water partition coefficient (Wildman–Crippen LogP) is 4.75. The lowest BCUT2D eigenvalue weighted by atomic mass is 10.1. The molecule has 1 rings (SSSR count). The molecule has 0 aliphatic carbocycles. The molecule has 0 N–H and O–H groups in total. The lowest BCUT2D eigenvalue weighted by molar-refractivity contribution is -0.138. The van der Waals surface area contributed by atoms with Crippen molar-refractivity contribution in [1.82, 2.24) is 4.90 Å². The van der Waals surface area contributed by atoms with Crippen LogP contribution in [0.3, 0.4) is 0 Å². The molecule has 0 aliphatic heterocycles. The van der Waals surface area contributed by atoms with Gasteiger partial charge in [-0.2, -0.15) is 13.2 Å². The maximum Gasteiger partial charge on any atom is 0.417 e. The van der Waals surface area contributed by atoms with Crippen LogP contribution in [0.1, 0.15) is 55.5 Å². The Kier molecular flexibility index (Phi) is 6.72. The first-order valence-corrected chi connectivity index (χ1v) is 7.37. The molecule has 0 heterocycles. The van der Waals surface area contributed by atoms with Gasteiger partial charge in [0.2, 0.25) is 0 Å². The molecule has 0 bridgehead atoms. The van der Waals surface area contributed by atoms with E-state index in [9.17, 15) is 18.0 Å². The summed E-state index contributed by atoms with van der Waals surface area (Å²) in [5, 5.41) is 0. The first-order valence-electron chi connectivity index (χ1n) is 7.37. The fourth-order valence-corrected chi connectivity index (χ4v) is 2.10. The van der Waals surface area contributed by atoms with Gasteiger partial charge in [0.1, 0.15) is 0 Å². The Labute approximate surface area is 123 Å². The van der Waals surface area contributed by atoms with Crippen molar-refractivity contribution in [2.75, 3.05) is 13.1 Å². The Balaban J connectivity index is 3.02. The van der Waals surface area contributed by atoms with E-state index in [1.54, 1.807) is 0 Å². The predicted molar refractivity (Wildman–Crippen MR) is 77.2 cm³/mol. The number of halogens is 3. The van der Waals surface area contributed by atoms with Crippen LogP contribution in [0.15, 0.2) is 24.3 Å². The van der Waals surface area contributed by atoms with E-state index in [0.29, 0.717) is 13.1 Å². The summed E-state index contributed by atoms with van der Waals surface area (Å²) in [5.74, 6) is -0.523. The van der Waals surface area contributed by atoms with E-state index in [4.69, 9.17) is 0 Å². The van der Waals surface area contributed by atoms with Crippen LogP contribution < -0.4 is 0 Å². The molecule has 0 spiro atoms. The molecule has 0 aromatic heterocycles. The van der Waals surface area contributed by atoms with E-state index >= 15 is 0 Å². The minimum Gasteiger partial charge on any atom is -0.339 e. The summed E-state index contributed by atoms with van der Waals surface area (Å²) in [4.78, 5) is 14.0. The molecule has 1 amide bonds. The average Bonchev–Trinajstić information content (AvgIpc) is 2.46. The van der Waals surface area contributed by atoms with Crippen LogP contribution in [0.5, 0.6) is 0 Å². The van der Waals surface area contributed by atoms with Gasteiger partial charge in [0.05, 0.1) is 11.1 Å². The third kappa shape index (κ3) is 5.06. The summed E-state index contributed by atoms with van der Waals surface area (Å²) in [6.07, 6.45) is -1.12. The molecule has 1 aromatic carbocycles. The van der Waals surface area contributed by atoms with Gasteiger partial charge in [0.25, 0.3) is 5.91 Å². The van der Waals surface area contributed by atoms with Crippen molar-refractivity contribution in [3.05, 3.63) is 35.4 Å². The van der Waals surface area contributed by atoms with Gasteiger partial charge >= 0.3 is 6.18 Å². The Hall–Kier alpha value is -1.52. The van der Waals surface area contributed by atoms with Gasteiger partial charge in [-0.3, -0.25) is 4.79 Å². The lowest BCUT2D eigenvalue weighted by Gasteiger charge is -2.24. The number of carbonyl (C=O) groups is 1. The zero-order valence-corrected chi connectivity index (χ0v) is 12.5. The molecule has 5 heteroatoms. The molecule has 1 aromatic rings. The van der Waals surface area contributed by atoms with Crippen LogP contribution in [0.2, 0.25) is 0 Å². The van der Waals surface area contributed by atoms with E-state index in [-0.39, 0.29) is 5.56 Å². The van der Waals surface area contributed by atoms with Gasteiger partial charge in [0.15, 0.2) is 0 Å². The number of rotatable bonds is 7. The molecule has 0 atom stereocenters. The van der Waals surface area contributed by atoms with Crippen molar-refractivity contribution in [2.24, 2.45) is 0 Å². The van der Waals surface area contributed by atoms with Crippen molar-refractivity contribution in [1.29, 1.82) is 0 Å². The standard InChI is InChI=1S/C16H22F3NO/c1-3-5-11-20(12-6-4-2)15(21)13-9-7-8-10-14(13)16(17,18)19/h7-10H,3-6,11-12H2,1-2H3. The van der Waals surface area contributed by atoms with Crippen molar-refractivity contribution >= 4 is 5.91 Å². The second kappa shape index (κ2) is 8.05. The largest absolute Gasteiger partial charge is 0.417 e. The number of alkyl halides is 3. The third-order valence-corrected chi connectivity index (χ3v) is 3.31. The van der Waals surface area contributed by atoms with Crippen LogP contribution in [0, 0.1) is 0 Å². The summed E-state index contributed by atoms with van der Waals surface area (Å²) < 4.78 is 39.0. The van der Waals surface area contributed by atoms with E-state index in [1.165, 1.54) is 23.1 Å². The summed E-state index contributed by atoms with van der Waals surface area (Å²) in [6.45, 7) is 4.99. The van der Waals surface area contributed by atoms with Crippen molar-refractivity contribution in [3.63, 3.8) is 0 Å². The highest BCUT2D eigenvalue weighted by atomic mass is 19.4. The van der Waals surface area contributed by atoms with Crippen molar-refractivity contribution < 1.29 is 18.0 Å². The van der Waals surface area contributed by atoms with E-state index in [1.807, 2.05) is 13.8 Å². The SMILES string of the molecule is CCCCN(CCCC)C(=O)c1ccccc1C(F)(F)F. The van der Waals surface area contributed by atoms with E-state index in [2.05, 4.69) is 0 Å². The van der Waals surface area contributed by atoms with Crippen LogP contribution in [-0.2, 0) is 6.18 Å². The Bertz CT molecular complexity index is 449. The molecule has 0 unspecified atom stereocenters. The second-order valence-electron chi connectivity index (χ2n) is 5.04. The summed E-state index contributed by atoms with van der Waals surface area (Å²) in [5.41, 5.74) is -1.11. The minimum absolute atomic E-state index is 0.253. The van der Waals surface area contributed by atoms with Crippen LogP contribution >= 0.6 is 0 Å². The molecule has 2 nitrogen and oxygen atoms in total. The smallest absolute Gasteiger partial charge is 0.339 e. The zero-order valence-electron chi connectivity index (χ0n) is 12.5. The fourth-order valence-electron chi connectivity index (χ4n) is 2.10. The molecular weight excluding hydrogens is 279 g/mol.